The Bertz CT molecular complexity index is 1420. The number of amidine groups is 1. The maximum absolute atomic E-state index is 13.5. The van der Waals surface area contributed by atoms with Gasteiger partial charge in [-0.2, -0.15) is 0 Å². The molecule has 178 valence electrons. The van der Waals surface area contributed by atoms with Gasteiger partial charge in [0.15, 0.2) is 5.17 Å². The highest BCUT2D eigenvalue weighted by Crippen LogP contribution is 2.38. The van der Waals surface area contributed by atoms with Crippen molar-refractivity contribution in [2.24, 2.45) is 4.99 Å². The summed E-state index contributed by atoms with van der Waals surface area (Å²) in [7, 11) is 0. The number of nitrogens with zero attached hydrogens (tertiary/aromatic N) is 2. The van der Waals surface area contributed by atoms with E-state index in [-0.39, 0.29) is 5.91 Å². The molecule has 0 saturated carbocycles. The molecule has 0 unspecified atom stereocenters. The van der Waals surface area contributed by atoms with E-state index < -0.39 is 0 Å². The van der Waals surface area contributed by atoms with Crippen LogP contribution >= 0.6 is 35.0 Å². The maximum atomic E-state index is 13.5. The van der Waals surface area contributed by atoms with Crippen LogP contribution in [-0.2, 0) is 11.4 Å². The SMILES string of the molecule is O=C1/C(=C/c2ccc(OCc3ccccc3)cc2)SC(=Nc2ccc(Cl)cc2)N1c1ccc(Cl)cc1. The third kappa shape index (κ3) is 5.82. The highest BCUT2D eigenvalue weighted by molar-refractivity contribution is 8.19. The molecule has 36 heavy (non-hydrogen) atoms. The van der Waals surface area contributed by atoms with Crippen LogP contribution in [0.3, 0.4) is 0 Å². The number of carbonyl (C=O) groups is 1. The van der Waals surface area contributed by atoms with E-state index in [1.807, 2.05) is 72.8 Å². The molecule has 1 fully saturated rings. The molecule has 4 nitrogen and oxygen atoms in total. The molecule has 0 atom stereocenters. The Hall–Kier alpha value is -3.51. The standard InChI is InChI=1S/C29H20Cl2N2O2S/c30-22-8-12-24(13-9-22)32-29-33(25-14-10-23(31)11-15-25)28(34)27(36-29)18-20-6-16-26(17-7-20)35-19-21-4-2-1-3-5-21/h1-18H,19H2/b27-18-,32-29?. The van der Waals surface area contributed by atoms with Gasteiger partial charge in [0.25, 0.3) is 5.91 Å². The van der Waals surface area contributed by atoms with Gasteiger partial charge in [0.05, 0.1) is 16.3 Å². The number of aliphatic imine (C=N–C) groups is 1. The monoisotopic (exact) mass is 530 g/mol. The summed E-state index contributed by atoms with van der Waals surface area (Å²) >= 11 is 13.4. The van der Waals surface area contributed by atoms with Gasteiger partial charge in [-0.1, -0.05) is 65.7 Å². The predicted molar refractivity (Wildman–Crippen MR) is 150 cm³/mol. The van der Waals surface area contributed by atoms with E-state index in [1.54, 1.807) is 41.3 Å². The Kier molecular flexibility index (Phi) is 7.42. The molecule has 1 saturated heterocycles. The number of benzene rings is 4. The lowest BCUT2D eigenvalue weighted by molar-refractivity contribution is -0.113. The van der Waals surface area contributed by atoms with Crippen LogP contribution in [0.2, 0.25) is 10.0 Å². The molecule has 5 rings (SSSR count). The average molecular weight is 531 g/mol. The molecule has 0 N–H and O–H groups in total. The van der Waals surface area contributed by atoms with E-state index in [4.69, 9.17) is 32.9 Å². The van der Waals surface area contributed by atoms with E-state index in [0.29, 0.717) is 38.1 Å². The number of carbonyl (C=O) groups excluding carboxylic acids is 1. The number of halogens is 2. The number of hydrogen-bond acceptors (Lipinski definition) is 4. The minimum absolute atomic E-state index is 0.153. The average Bonchev–Trinajstić information content (AvgIpc) is 3.20. The molecular formula is C29H20Cl2N2O2S. The summed E-state index contributed by atoms with van der Waals surface area (Å²) < 4.78 is 5.87. The molecule has 0 bridgehead atoms. The van der Waals surface area contributed by atoms with Crippen molar-refractivity contribution < 1.29 is 9.53 Å². The molecule has 4 aromatic rings. The molecule has 0 radical (unpaired) electrons. The number of anilines is 1. The molecule has 0 aliphatic carbocycles. The summed E-state index contributed by atoms with van der Waals surface area (Å²) in [6, 6.07) is 32.0. The van der Waals surface area contributed by atoms with Gasteiger partial charge in [0, 0.05) is 10.0 Å². The van der Waals surface area contributed by atoms with Gasteiger partial charge in [0.1, 0.15) is 12.4 Å². The summed E-state index contributed by atoms with van der Waals surface area (Å²) in [5.41, 5.74) is 3.39. The van der Waals surface area contributed by atoms with Crippen LogP contribution in [0.5, 0.6) is 5.75 Å². The minimum Gasteiger partial charge on any atom is -0.489 e. The zero-order valence-corrected chi connectivity index (χ0v) is 21.3. The van der Waals surface area contributed by atoms with E-state index in [0.717, 1.165) is 16.9 Å². The van der Waals surface area contributed by atoms with E-state index in [9.17, 15) is 4.79 Å². The predicted octanol–water partition coefficient (Wildman–Crippen LogP) is 8.38. The van der Waals surface area contributed by atoms with E-state index in [1.165, 1.54) is 11.8 Å². The highest BCUT2D eigenvalue weighted by atomic mass is 35.5. The fraction of sp³-hybridized carbons (Fsp3) is 0.0345. The fourth-order valence-electron chi connectivity index (χ4n) is 3.55. The normalized spacial score (nSPS) is 15.6. The second-order valence-corrected chi connectivity index (χ2v) is 9.82. The molecule has 1 heterocycles. The van der Waals surface area contributed by atoms with Gasteiger partial charge in [0.2, 0.25) is 0 Å². The largest absolute Gasteiger partial charge is 0.489 e. The second-order valence-electron chi connectivity index (χ2n) is 7.94. The van der Waals surface area contributed by atoms with E-state index >= 15 is 0 Å². The smallest absolute Gasteiger partial charge is 0.271 e. The Morgan fingerprint density at radius 2 is 1.44 bits per heavy atom. The quantitative estimate of drug-likeness (QED) is 0.235. The van der Waals surface area contributed by atoms with Crippen LogP contribution in [0, 0.1) is 0 Å². The molecule has 0 aromatic heterocycles. The first-order valence-corrected chi connectivity index (χ1v) is 12.7. The second kappa shape index (κ2) is 11.0. The third-order valence-corrected chi connectivity index (χ3v) is 6.84. The molecular weight excluding hydrogens is 511 g/mol. The van der Waals surface area contributed by atoms with Crippen LogP contribution in [0.4, 0.5) is 11.4 Å². The Balaban J connectivity index is 1.39. The number of rotatable bonds is 6. The number of ether oxygens (including phenoxy) is 1. The molecule has 4 aromatic carbocycles. The topological polar surface area (TPSA) is 41.9 Å². The van der Waals surface area contributed by atoms with Crippen LogP contribution in [0.1, 0.15) is 11.1 Å². The zero-order chi connectivity index (χ0) is 24.9. The fourth-order valence-corrected chi connectivity index (χ4v) is 4.80. The van der Waals surface area contributed by atoms with Crippen molar-refractivity contribution in [2.75, 3.05) is 4.90 Å². The van der Waals surface area contributed by atoms with Crippen molar-refractivity contribution in [1.29, 1.82) is 0 Å². The van der Waals surface area contributed by atoms with Crippen molar-refractivity contribution in [2.45, 2.75) is 6.61 Å². The first-order valence-electron chi connectivity index (χ1n) is 11.2. The summed E-state index contributed by atoms with van der Waals surface area (Å²) in [5, 5.41) is 1.78. The summed E-state index contributed by atoms with van der Waals surface area (Å²) in [4.78, 5) is 20.3. The van der Waals surface area contributed by atoms with Gasteiger partial charge in [-0.05, 0) is 89.6 Å². The first-order chi connectivity index (χ1) is 17.5. The maximum Gasteiger partial charge on any atom is 0.271 e. The van der Waals surface area contributed by atoms with Crippen molar-refractivity contribution >= 4 is 63.5 Å². The highest BCUT2D eigenvalue weighted by Gasteiger charge is 2.34. The van der Waals surface area contributed by atoms with E-state index in [2.05, 4.69) is 0 Å². The lowest BCUT2D eigenvalue weighted by Gasteiger charge is -2.15. The van der Waals surface area contributed by atoms with Crippen LogP contribution < -0.4 is 9.64 Å². The summed E-state index contributed by atoms with van der Waals surface area (Å²) in [5.74, 6) is 0.610. The Morgan fingerprint density at radius 3 is 2.11 bits per heavy atom. The van der Waals surface area contributed by atoms with Crippen molar-refractivity contribution in [3.05, 3.63) is 129 Å². The van der Waals surface area contributed by atoms with Crippen molar-refractivity contribution in [3.63, 3.8) is 0 Å². The van der Waals surface area contributed by atoms with Crippen molar-refractivity contribution in [3.8, 4) is 5.75 Å². The molecule has 1 amide bonds. The van der Waals surface area contributed by atoms with Gasteiger partial charge in [-0.15, -0.1) is 0 Å². The number of thioether (sulfide) groups is 1. The van der Waals surface area contributed by atoms with Gasteiger partial charge in [-0.3, -0.25) is 9.69 Å². The summed E-state index contributed by atoms with van der Waals surface area (Å²) in [6.07, 6.45) is 1.86. The number of hydrogen-bond donors (Lipinski definition) is 0. The Labute approximate surface area is 223 Å². The van der Waals surface area contributed by atoms with Crippen LogP contribution in [0.25, 0.3) is 6.08 Å². The van der Waals surface area contributed by atoms with Crippen LogP contribution in [-0.4, -0.2) is 11.1 Å². The van der Waals surface area contributed by atoms with Gasteiger partial charge < -0.3 is 4.74 Å². The lowest BCUT2D eigenvalue weighted by atomic mass is 10.2. The molecule has 7 heteroatoms. The lowest BCUT2D eigenvalue weighted by Crippen LogP contribution is -2.28. The third-order valence-electron chi connectivity index (χ3n) is 5.37. The van der Waals surface area contributed by atoms with Crippen LogP contribution in [0.15, 0.2) is 113 Å². The minimum atomic E-state index is -0.153. The van der Waals surface area contributed by atoms with Crippen molar-refractivity contribution in [1.82, 2.24) is 0 Å². The number of amides is 1. The molecule has 1 aliphatic rings. The zero-order valence-electron chi connectivity index (χ0n) is 19.0. The molecule has 0 spiro atoms. The summed E-state index contributed by atoms with van der Waals surface area (Å²) in [6.45, 7) is 0.496. The molecule has 1 aliphatic heterocycles. The first kappa shape index (κ1) is 24.2. The Morgan fingerprint density at radius 1 is 0.806 bits per heavy atom. The van der Waals surface area contributed by atoms with Gasteiger partial charge >= 0.3 is 0 Å². The van der Waals surface area contributed by atoms with Gasteiger partial charge in [-0.25, -0.2) is 4.99 Å².